The highest BCUT2D eigenvalue weighted by Gasteiger charge is 2.15. The van der Waals surface area contributed by atoms with Crippen LogP contribution in [0.3, 0.4) is 0 Å². The molecule has 2 aromatic heterocycles. The number of ether oxygens (including phenoxy) is 1. The molecule has 2 heterocycles. The van der Waals surface area contributed by atoms with Crippen LogP contribution >= 0.6 is 0 Å². The summed E-state index contributed by atoms with van der Waals surface area (Å²) in [4.78, 5) is 27.8. The number of carboxylic acid groups (broad SMARTS) is 1. The lowest BCUT2D eigenvalue weighted by Gasteiger charge is -2.11. The molecule has 0 atom stereocenters. The third-order valence-electron chi connectivity index (χ3n) is 3.95. The van der Waals surface area contributed by atoms with E-state index in [1.165, 1.54) is 0 Å². The number of aryl methyl sites for hydroxylation is 1. The molecular weight excluding hydrogens is 348 g/mol. The Morgan fingerprint density at radius 2 is 2.07 bits per heavy atom. The SMILES string of the molecule is Cc1nc2c(cnn2C(C)C)cc1C(=O)Nc1cccc(OCC(=O)O)c1. The van der Waals surface area contributed by atoms with E-state index in [1.54, 1.807) is 43.5 Å². The van der Waals surface area contributed by atoms with Gasteiger partial charge >= 0.3 is 5.97 Å². The van der Waals surface area contributed by atoms with E-state index in [0.717, 1.165) is 11.0 Å². The van der Waals surface area contributed by atoms with Gasteiger partial charge < -0.3 is 15.2 Å². The fourth-order valence-corrected chi connectivity index (χ4v) is 2.68. The monoisotopic (exact) mass is 368 g/mol. The number of carbonyl (C=O) groups is 2. The van der Waals surface area contributed by atoms with Gasteiger partial charge in [0.25, 0.3) is 5.91 Å². The summed E-state index contributed by atoms with van der Waals surface area (Å²) in [5, 5.41) is 16.6. The maximum absolute atomic E-state index is 12.7. The number of amides is 1. The number of pyridine rings is 1. The minimum Gasteiger partial charge on any atom is -0.482 e. The molecule has 8 nitrogen and oxygen atoms in total. The Morgan fingerprint density at radius 1 is 1.30 bits per heavy atom. The number of benzene rings is 1. The third-order valence-corrected chi connectivity index (χ3v) is 3.95. The molecule has 0 saturated carbocycles. The van der Waals surface area contributed by atoms with Crippen molar-refractivity contribution in [2.75, 3.05) is 11.9 Å². The quantitative estimate of drug-likeness (QED) is 0.693. The average Bonchev–Trinajstić information content (AvgIpc) is 3.02. The summed E-state index contributed by atoms with van der Waals surface area (Å²) in [6, 6.07) is 8.50. The van der Waals surface area contributed by atoms with Crippen molar-refractivity contribution in [1.29, 1.82) is 0 Å². The van der Waals surface area contributed by atoms with Crippen LogP contribution < -0.4 is 10.1 Å². The van der Waals surface area contributed by atoms with E-state index in [2.05, 4.69) is 15.4 Å². The van der Waals surface area contributed by atoms with Gasteiger partial charge in [0.1, 0.15) is 5.75 Å². The minimum absolute atomic E-state index is 0.169. The van der Waals surface area contributed by atoms with Crippen molar-refractivity contribution in [1.82, 2.24) is 14.8 Å². The Bertz CT molecular complexity index is 1010. The Labute approximate surface area is 155 Å². The van der Waals surface area contributed by atoms with E-state index in [9.17, 15) is 9.59 Å². The number of rotatable bonds is 6. The second-order valence-electron chi connectivity index (χ2n) is 6.38. The topological polar surface area (TPSA) is 106 Å². The van der Waals surface area contributed by atoms with Gasteiger partial charge in [-0.2, -0.15) is 5.10 Å². The average molecular weight is 368 g/mol. The van der Waals surface area contributed by atoms with Crippen molar-refractivity contribution < 1.29 is 19.4 Å². The molecule has 2 N–H and O–H groups in total. The number of carbonyl (C=O) groups excluding carboxylic acids is 1. The van der Waals surface area contributed by atoms with E-state index in [4.69, 9.17) is 9.84 Å². The molecule has 27 heavy (non-hydrogen) atoms. The number of hydrogen-bond donors (Lipinski definition) is 2. The first-order valence-corrected chi connectivity index (χ1v) is 8.46. The molecule has 0 spiro atoms. The van der Waals surface area contributed by atoms with Crippen molar-refractivity contribution in [2.45, 2.75) is 26.8 Å². The zero-order chi connectivity index (χ0) is 19.6. The van der Waals surface area contributed by atoms with Gasteiger partial charge in [-0.3, -0.25) is 4.79 Å². The Morgan fingerprint density at radius 3 is 2.78 bits per heavy atom. The Balaban J connectivity index is 1.83. The predicted octanol–water partition coefficient (Wildman–Crippen LogP) is 3.04. The van der Waals surface area contributed by atoms with Gasteiger partial charge in [0, 0.05) is 23.2 Å². The minimum atomic E-state index is -1.07. The summed E-state index contributed by atoms with van der Waals surface area (Å²) in [6.07, 6.45) is 1.69. The standard InChI is InChI=1S/C19H20N4O4/c1-11(2)23-18-13(9-20-23)7-16(12(3)21-18)19(26)22-14-5-4-6-15(8-14)27-10-17(24)25/h4-9,11H,10H2,1-3H3,(H,22,26)(H,24,25). The van der Waals surface area contributed by atoms with Crippen LogP contribution in [-0.4, -0.2) is 38.4 Å². The number of nitrogens with zero attached hydrogens (tertiary/aromatic N) is 3. The molecule has 3 aromatic rings. The number of aromatic nitrogens is 3. The highest BCUT2D eigenvalue weighted by atomic mass is 16.5. The van der Waals surface area contributed by atoms with Crippen LogP contribution in [0.1, 0.15) is 35.9 Å². The first-order valence-electron chi connectivity index (χ1n) is 8.46. The molecule has 1 aromatic carbocycles. The number of nitrogens with one attached hydrogen (secondary N) is 1. The molecule has 8 heteroatoms. The van der Waals surface area contributed by atoms with E-state index in [-0.39, 0.29) is 11.9 Å². The summed E-state index contributed by atoms with van der Waals surface area (Å²) < 4.78 is 6.94. The highest BCUT2D eigenvalue weighted by Crippen LogP contribution is 2.22. The summed E-state index contributed by atoms with van der Waals surface area (Å²) in [5.74, 6) is -1.02. The molecular formula is C19H20N4O4. The molecule has 0 aliphatic heterocycles. The highest BCUT2D eigenvalue weighted by molar-refractivity contribution is 6.06. The molecule has 0 saturated heterocycles. The summed E-state index contributed by atoms with van der Waals surface area (Å²) in [7, 11) is 0. The Kier molecular flexibility index (Phi) is 5.07. The first-order chi connectivity index (χ1) is 12.8. The van der Waals surface area contributed by atoms with Gasteiger partial charge in [-0.25, -0.2) is 14.5 Å². The lowest BCUT2D eigenvalue weighted by molar-refractivity contribution is -0.139. The Hall–Kier alpha value is -3.42. The fraction of sp³-hybridized carbons (Fsp3) is 0.263. The van der Waals surface area contributed by atoms with Crippen molar-refractivity contribution in [3.8, 4) is 5.75 Å². The fourth-order valence-electron chi connectivity index (χ4n) is 2.68. The van der Waals surface area contributed by atoms with Crippen molar-refractivity contribution in [3.63, 3.8) is 0 Å². The third kappa shape index (κ3) is 4.05. The van der Waals surface area contributed by atoms with Gasteiger partial charge in [0.05, 0.1) is 17.5 Å². The maximum Gasteiger partial charge on any atom is 0.341 e. The van der Waals surface area contributed by atoms with E-state index >= 15 is 0 Å². The van der Waals surface area contributed by atoms with Crippen LogP contribution in [0.2, 0.25) is 0 Å². The second kappa shape index (κ2) is 7.45. The molecule has 0 unspecified atom stereocenters. The van der Waals surface area contributed by atoms with Gasteiger partial charge in [-0.1, -0.05) is 6.07 Å². The smallest absolute Gasteiger partial charge is 0.341 e. The van der Waals surface area contributed by atoms with Crippen LogP contribution in [0.25, 0.3) is 11.0 Å². The summed E-state index contributed by atoms with van der Waals surface area (Å²) in [6.45, 7) is 5.36. The van der Waals surface area contributed by atoms with Gasteiger partial charge in [-0.05, 0) is 39.0 Å². The van der Waals surface area contributed by atoms with Crippen LogP contribution in [0.4, 0.5) is 5.69 Å². The number of anilines is 1. The normalized spacial score (nSPS) is 11.0. The number of carboxylic acids is 1. The molecule has 0 fully saturated rings. The summed E-state index contributed by atoms with van der Waals surface area (Å²) >= 11 is 0. The zero-order valence-corrected chi connectivity index (χ0v) is 15.3. The van der Waals surface area contributed by atoms with E-state index in [0.29, 0.717) is 22.7 Å². The van der Waals surface area contributed by atoms with Crippen LogP contribution in [-0.2, 0) is 4.79 Å². The lowest BCUT2D eigenvalue weighted by Crippen LogP contribution is -2.15. The second-order valence-corrected chi connectivity index (χ2v) is 6.38. The maximum atomic E-state index is 12.7. The number of hydrogen-bond acceptors (Lipinski definition) is 5. The van der Waals surface area contributed by atoms with Crippen LogP contribution in [0, 0.1) is 6.92 Å². The van der Waals surface area contributed by atoms with Gasteiger partial charge in [-0.15, -0.1) is 0 Å². The largest absolute Gasteiger partial charge is 0.482 e. The van der Waals surface area contributed by atoms with Gasteiger partial charge in [0.15, 0.2) is 12.3 Å². The molecule has 0 radical (unpaired) electrons. The molecule has 3 rings (SSSR count). The zero-order valence-electron chi connectivity index (χ0n) is 15.3. The van der Waals surface area contributed by atoms with E-state index < -0.39 is 12.6 Å². The van der Waals surface area contributed by atoms with Crippen molar-refractivity contribution in [2.24, 2.45) is 0 Å². The first kappa shape index (κ1) is 18.4. The van der Waals surface area contributed by atoms with E-state index in [1.807, 2.05) is 18.5 Å². The molecule has 140 valence electrons. The van der Waals surface area contributed by atoms with Crippen LogP contribution in [0.5, 0.6) is 5.75 Å². The van der Waals surface area contributed by atoms with Crippen molar-refractivity contribution in [3.05, 3.63) is 47.8 Å². The molecule has 0 aliphatic rings. The number of fused-ring (bicyclic) bond motifs is 1. The summed E-state index contributed by atoms with van der Waals surface area (Å²) in [5.41, 5.74) is 2.28. The van der Waals surface area contributed by atoms with Crippen molar-refractivity contribution >= 4 is 28.6 Å². The lowest BCUT2D eigenvalue weighted by atomic mass is 10.1. The predicted molar refractivity (Wildman–Crippen MR) is 100 cm³/mol. The van der Waals surface area contributed by atoms with Crippen LogP contribution in [0.15, 0.2) is 36.5 Å². The van der Waals surface area contributed by atoms with Gasteiger partial charge in [0.2, 0.25) is 0 Å². The number of aliphatic carboxylic acids is 1. The molecule has 0 bridgehead atoms. The molecule has 0 aliphatic carbocycles. The molecule has 1 amide bonds.